The molecular formula is C29H39N5O11. The van der Waals surface area contributed by atoms with Gasteiger partial charge in [0.2, 0.25) is 17.7 Å². The Hall–Kier alpha value is -4.89. The summed E-state index contributed by atoms with van der Waals surface area (Å²) in [5, 5.41) is 23.5. The minimum absolute atomic E-state index is 0.0954. The fraction of sp³-hybridized carbons (Fsp3) is 0.552. The molecule has 0 unspecified atom stereocenters. The first-order valence-corrected chi connectivity index (χ1v) is 14.6. The molecule has 5 amide bonds. The molecule has 3 rings (SSSR count). The van der Waals surface area contributed by atoms with Crippen molar-refractivity contribution < 1.29 is 53.2 Å². The number of esters is 1. The molecular weight excluding hydrogens is 594 g/mol. The van der Waals surface area contributed by atoms with E-state index in [-0.39, 0.29) is 26.1 Å². The number of benzene rings is 1. The molecule has 2 heterocycles. The number of ether oxygens (including phenoxy) is 2. The molecule has 0 bridgehead atoms. The number of carboxylic acid groups (broad SMARTS) is 2. The van der Waals surface area contributed by atoms with E-state index in [0.717, 1.165) is 9.80 Å². The minimum Gasteiger partial charge on any atom is -0.480 e. The van der Waals surface area contributed by atoms with Crippen molar-refractivity contribution in [2.24, 2.45) is 0 Å². The van der Waals surface area contributed by atoms with Crippen LogP contribution >= 0.6 is 0 Å². The number of nitrogens with one attached hydrogen (secondary N) is 2. The third kappa shape index (κ3) is 9.06. The van der Waals surface area contributed by atoms with E-state index >= 15 is 0 Å². The summed E-state index contributed by atoms with van der Waals surface area (Å²) in [5.74, 6) is -4.11. The predicted octanol–water partition coefficient (Wildman–Crippen LogP) is 0.394. The number of carbonyl (C=O) groups is 7. The number of nitrogens with zero attached hydrogens (tertiary/aromatic N) is 3. The molecule has 2 aliphatic rings. The van der Waals surface area contributed by atoms with E-state index in [1.807, 2.05) is 0 Å². The molecule has 4 N–H and O–H groups in total. The maximum Gasteiger partial charge on any atom is 0.408 e. The Morgan fingerprint density at radius 1 is 0.911 bits per heavy atom. The Balaban J connectivity index is 1.51. The van der Waals surface area contributed by atoms with Gasteiger partial charge >= 0.3 is 24.1 Å². The second-order valence-corrected chi connectivity index (χ2v) is 10.9. The standard InChI is InChI=1S/C29H39N5O11/c1-17(30-23(35)18(2)32(3)25(37)21-11-7-14-34(21)29(42)43)24(36)33-13-8-12-22(33)27(40)44-16-20(26(38)39)31-28(41)45-15-19-9-5-4-6-10-19/h4-6,9-10,17-18,20-22H,7-8,11-16H2,1-3H3,(H,30,35)(H,31,41)(H,38,39)(H,42,43)/t17-,18-,20-,21-,22-/m0/s1. The first-order chi connectivity index (χ1) is 21.3. The van der Waals surface area contributed by atoms with Crippen LogP contribution in [-0.4, -0.2) is 124 Å². The Bertz CT molecular complexity index is 1280. The van der Waals surface area contributed by atoms with Gasteiger partial charge in [-0.2, -0.15) is 0 Å². The Morgan fingerprint density at radius 2 is 1.53 bits per heavy atom. The molecule has 0 aromatic heterocycles. The van der Waals surface area contributed by atoms with Gasteiger partial charge in [0.1, 0.15) is 37.4 Å². The maximum atomic E-state index is 13.2. The summed E-state index contributed by atoms with van der Waals surface area (Å²) in [6.45, 7) is 2.47. The first kappa shape index (κ1) is 34.6. The normalized spacial score (nSPS) is 19.5. The van der Waals surface area contributed by atoms with Crippen molar-refractivity contribution in [3.05, 3.63) is 35.9 Å². The van der Waals surface area contributed by atoms with Crippen LogP contribution in [0.1, 0.15) is 45.1 Å². The molecule has 0 saturated carbocycles. The first-order valence-electron chi connectivity index (χ1n) is 14.6. The van der Waals surface area contributed by atoms with Crippen molar-refractivity contribution in [1.29, 1.82) is 0 Å². The van der Waals surface area contributed by atoms with Gasteiger partial charge in [-0.15, -0.1) is 0 Å². The zero-order chi connectivity index (χ0) is 33.3. The van der Waals surface area contributed by atoms with Gasteiger partial charge in [-0.25, -0.2) is 19.2 Å². The number of hydrogen-bond donors (Lipinski definition) is 4. The number of alkyl carbamates (subject to hydrolysis) is 1. The van der Waals surface area contributed by atoms with Crippen LogP contribution in [-0.2, 0) is 40.1 Å². The molecule has 16 nitrogen and oxygen atoms in total. The molecule has 0 radical (unpaired) electrons. The summed E-state index contributed by atoms with van der Waals surface area (Å²) in [4.78, 5) is 90.5. The molecule has 1 aromatic rings. The highest BCUT2D eigenvalue weighted by molar-refractivity contribution is 5.94. The van der Waals surface area contributed by atoms with Gasteiger partial charge in [0.15, 0.2) is 6.04 Å². The van der Waals surface area contributed by atoms with Crippen molar-refractivity contribution in [1.82, 2.24) is 25.3 Å². The Labute approximate surface area is 259 Å². The molecule has 0 aliphatic carbocycles. The molecule has 0 spiro atoms. The van der Waals surface area contributed by atoms with E-state index in [1.165, 1.54) is 25.8 Å². The second-order valence-electron chi connectivity index (χ2n) is 10.9. The van der Waals surface area contributed by atoms with Crippen LogP contribution in [0.4, 0.5) is 9.59 Å². The lowest BCUT2D eigenvalue weighted by Crippen LogP contribution is -2.56. The topological polar surface area (TPSA) is 212 Å². The molecule has 5 atom stereocenters. The number of hydrogen-bond acceptors (Lipinski definition) is 9. The molecule has 246 valence electrons. The highest BCUT2D eigenvalue weighted by Crippen LogP contribution is 2.21. The summed E-state index contributed by atoms with van der Waals surface area (Å²) in [7, 11) is 1.38. The molecule has 2 aliphatic heterocycles. The van der Waals surface area contributed by atoms with Crippen LogP contribution in [0.15, 0.2) is 30.3 Å². The van der Waals surface area contributed by atoms with Crippen LogP contribution in [0.25, 0.3) is 0 Å². The molecule has 16 heteroatoms. The second kappa shape index (κ2) is 15.7. The van der Waals surface area contributed by atoms with E-state index in [4.69, 9.17) is 9.47 Å². The number of carbonyl (C=O) groups excluding carboxylic acids is 5. The van der Waals surface area contributed by atoms with Crippen LogP contribution < -0.4 is 10.6 Å². The third-order valence-electron chi connectivity index (χ3n) is 7.82. The Morgan fingerprint density at radius 3 is 2.16 bits per heavy atom. The smallest absolute Gasteiger partial charge is 0.408 e. The predicted molar refractivity (Wildman–Crippen MR) is 154 cm³/mol. The molecule has 2 fully saturated rings. The van der Waals surface area contributed by atoms with Gasteiger partial charge in [-0.3, -0.25) is 19.3 Å². The summed E-state index contributed by atoms with van der Waals surface area (Å²) >= 11 is 0. The van der Waals surface area contributed by atoms with Gasteiger partial charge in [0.25, 0.3) is 0 Å². The van der Waals surface area contributed by atoms with Gasteiger partial charge in [0, 0.05) is 20.1 Å². The van der Waals surface area contributed by atoms with Crippen LogP contribution in [0.5, 0.6) is 0 Å². The zero-order valence-corrected chi connectivity index (χ0v) is 25.3. The quantitative estimate of drug-likeness (QED) is 0.231. The lowest BCUT2D eigenvalue weighted by molar-refractivity contribution is -0.156. The third-order valence-corrected chi connectivity index (χ3v) is 7.82. The van der Waals surface area contributed by atoms with Gasteiger partial charge in [-0.1, -0.05) is 30.3 Å². The average Bonchev–Trinajstić information content (AvgIpc) is 3.71. The van der Waals surface area contributed by atoms with Gasteiger partial charge in [-0.05, 0) is 45.1 Å². The fourth-order valence-electron chi connectivity index (χ4n) is 5.12. The summed E-state index contributed by atoms with van der Waals surface area (Å²) in [5.41, 5.74) is 0.688. The van der Waals surface area contributed by atoms with E-state index in [9.17, 15) is 43.8 Å². The van der Waals surface area contributed by atoms with E-state index < -0.39 is 78.7 Å². The maximum absolute atomic E-state index is 13.2. The molecule has 1 aromatic carbocycles. The zero-order valence-electron chi connectivity index (χ0n) is 25.3. The van der Waals surface area contributed by atoms with Crippen molar-refractivity contribution >= 4 is 41.8 Å². The number of likely N-dealkylation sites (N-methyl/N-ethyl adjacent to an activating group) is 1. The molecule has 2 saturated heterocycles. The number of aliphatic carboxylic acids is 1. The van der Waals surface area contributed by atoms with E-state index in [0.29, 0.717) is 24.8 Å². The van der Waals surface area contributed by atoms with Crippen LogP contribution in [0.3, 0.4) is 0 Å². The number of amides is 5. The van der Waals surface area contributed by atoms with Crippen LogP contribution in [0, 0.1) is 0 Å². The Kier molecular flexibility index (Phi) is 12.1. The lowest BCUT2D eigenvalue weighted by Gasteiger charge is -2.31. The van der Waals surface area contributed by atoms with E-state index in [1.54, 1.807) is 30.3 Å². The fourth-order valence-corrected chi connectivity index (χ4v) is 5.12. The van der Waals surface area contributed by atoms with Crippen molar-refractivity contribution in [3.63, 3.8) is 0 Å². The van der Waals surface area contributed by atoms with Crippen molar-refractivity contribution in [2.75, 3.05) is 26.7 Å². The minimum atomic E-state index is -1.60. The average molecular weight is 634 g/mol. The SMILES string of the molecule is C[C@H](NC(=O)[C@H](C)N(C)C(=O)[C@@H]1CCCN1C(=O)O)C(=O)N1CCC[C@H]1C(=O)OC[C@H](NC(=O)OCc1ccccc1)C(=O)O. The lowest BCUT2D eigenvalue weighted by atomic mass is 10.1. The van der Waals surface area contributed by atoms with Gasteiger partial charge in [0.05, 0.1) is 0 Å². The number of rotatable bonds is 12. The largest absolute Gasteiger partial charge is 0.480 e. The highest BCUT2D eigenvalue weighted by Gasteiger charge is 2.40. The molecule has 45 heavy (non-hydrogen) atoms. The summed E-state index contributed by atoms with van der Waals surface area (Å²) in [6, 6.07) is 3.07. The monoisotopic (exact) mass is 633 g/mol. The number of likely N-dealkylation sites (tertiary alicyclic amines) is 2. The highest BCUT2D eigenvalue weighted by atomic mass is 16.6. The van der Waals surface area contributed by atoms with Crippen molar-refractivity contribution in [2.45, 2.75) is 76.3 Å². The van der Waals surface area contributed by atoms with Gasteiger partial charge < -0.3 is 40.1 Å². The van der Waals surface area contributed by atoms with Crippen molar-refractivity contribution in [3.8, 4) is 0 Å². The van der Waals surface area contributed by atoms with Crippen LogP contribution in [0.2, 0.25) is 0 Å². The number of carboxylic acids is 1. The van der Waals surface area contributed by atoms with E-state index in [2.05, 4.69) is 10.6 Å². The summed E-state index contributed by atoms with van der Waals surface area (Å²) in [6.07, 6.45) is -0.680. The summed E-state index contributed by atoms with van der Waals surface area (Å²) < 4.78 is 10.2.